The van der Waals surface area contributed by atoms with E-state index in [1.807, 2.05) is 24.3 Å². The molecule has 4 heteroatoms. The van der Waals surface area contributed by atoms with E-state index in [0.29, 0.717) is 5.92 Å². The summed E-state index contributed by atoms with van der Waals surface area (Å²) in [5, 5.41) is 9.17. The molecular weight excluding hydrogens is 286 g/mol. The quantitative estimate of drug-likeness (QED) is 0.799. The van der Waals surface area contributed by atoms with Gasteiger partial charge in [0.1, 0.15) is 0 Å². The lowest BCUT2D eigenvalue weighted by Crippen LogP contribution is -2.24. The normalized spacial score (nSPS) is 13.5. The predicted octanol–water partition coefficient (Wildman–Crippen LogP) is 4.10. The van der Waals surface area contributed by atoms with Gasteiger partial charge in [0.15, 0.2) is 0 Å². The van der Waals surface area contributed by atoms with Crippen LogP contribution in [0.5, 0.6) is 0 Å². The minimum absolute atomic E-state index is 0.209. The lowest BCUT2D eigenvalue weighted by atomic mass is 10.0. The average molecular weight is 309 g/mol. The van der Waals surface area contributed by atoms with Crippen LogP contribution in [0.4, 0.5) is 16.2 Å². The van der Waals surface area contributed by atoms with Gasteiger partial charge in [-0.25, -0.2) is 4.79 Å². The summed E-state index contributed by atoms with van der Waals surface area (Å²) in [6, 6.07) is 13.9. The van der Waals surface area contributed by atoms with Crippen molar-refractivity contribution in [3.8, 4) is 0 Å². The molecule has 2 amide bonds. The Bertz CT molecular complexity index is 710. The molecule has 0 saturated heterocycles. The molecule has 0 spiro atoms. The summed E-state index contributed by atoms with van der Waals surface area (Å²) < 4.78 is 0. The maximum atomic E-state index is 12.2. The Balaban J connectivity index is 1.66. The Morgan fingerprint density at radius 2 is 1.83 bits per heavy atom. The van der Waals surface area contributed by atoms with Crippen molar-refractivity contribution in [1.82, 2.24) is 5.32 Å². The van der Waals surface area contributed by atoms with Crippen molar-refractivity contribution in [3.05, 3.63) is 59.2 Å². The molecule has 0 saturated carbocycles. The van der Waals surface area contributed by atoms with E-state index >= 15 is 0 Å². The molecule has 0 atom stereocenters. The molecule has 2 aromatic rings. The number of benzene rings is 2. The van der Waals surface area contributed by atoms with Crippen molar-refractivity contribution in [2.45, 2.75) is 32.7 Å². The minimum Gasteiger partial charge on any atom is -0.312 e. The Hall–Kier alpha value is -2.33. The third-order valence-electron chi connectivity index (χ3n) is 4.16. The van der Waals surface area contributed by atoms with Crippen LogP contribution in [-0.2, 0) is 13.0 Å². The fourth-order valence-electron chi connectivity index (χ4n) is 2.82. The van der Waals surface area contributed by atoms with Crippen LogP contribution in [0.25, 0.3) is 0 Å². The van der Waals surface area contributed by atoms with Crippen LogP contribution in [0.15, 0.2) is 42.5 Å². The molecular formula is C19H23N3O. The second-order valence-corrected chi connectivity index (χ2v) is 6.27. The molecule has 0 radical (unpaired) electrons. The Kier molecular flexibility index (Phi) is 4.63. The fraction of sp³-hybridized carbons (Fsp3) is 0.316. The molecule has 0 aromatic heterocycles. The molecule has 1 aliphatic heterocycles. The number of rotatable bonds is 3. The highest BCUT2D eigenvalue weighted by atomic mass is 16.2. The third kappa shape index (κ3) is 3.90. The van der Waals surface area contributed by atoms with Crippen molar-refractivity contribution < 1.29 is 4.79 Å². The Morgan fingerprint density at radius 3 is 2.61 bits per heavy atom. The molecule has 120 valence electrons. The predicted molar refractivity (Wildman–Crippen MR) is 95.0 cm³/mol. The second-order valence-electron chi connectivity index (χ2n) is 6.27. The van der Waals surface area contributed by atoms with Crippen LogP contribution in [-0.4, -0.2) is 12.6 Å². The first kappa shape index (κ1) is 15.6. The van der Waals surface area contributed by atoms with Crippen LogP contribution in [0.1, 0.15) is 36.5 Å². The molecule has 0 unspecified atom stereocenters. The van der Waals surface area contributed by atoms with Crippen molar-refractivity contribution in [2.75, 3.05) is 17.2 Å². The van der Waals surface area contributed by atoms with E-state index in [0.717, 1.165) is 30.9 Å². The lowest BCUT2D eigenvalue weighted by molar-refractivity contribution is 0.262. The molecule has 0 bridgehead atoms. The average Bonchev–Trinajstić information content (AvgIpc) is 2.55. The maximum Gasteiger partial charge on any atom is 0.323 e. The number of hydrogen-bond acceptors (Lipinski definition) is 2. The zero-order valence-electron chi connectivity index (χ0n) is 13.6. The van der Waals surface area contributed by atoms with Crippen LogP contribution in [0.2, 0.25) is 0 Å². The van der Waals surface area contributed by atoms with Gasteiger partial charge in [0.05, 0.1) is 0 Å². The van der Waals surface area contributed by atoms with E-state index in [1.54, 1.807) is 0 Å². The smallest absolute Gasteiger partial charge is 0.312 e. The first-order chi connectivity index (χ1) is 11.1. The van der Waals surface area contributed by atoms with E-state index in [1.165, 1.54) is 16.7 Å². The van der Waals surface area contributed by atoms with Gasteiger partial charge in [-0.2, -0.15) is 0 Å². The highest BCUT2D eigenvalue weighted by Gasteiger charge is 2.10. The van der Waals surface area contributed by atoms with Gasteiger partial charge in [-0.3, -0.25) is 0 Å². The molecule has 3 N–H and O–H groups in total. The zero-order valence-corrected chi connectivity index (χ0v) is 13.6. The lowest BCUT2D eigenvalue weighted by Gasteiger charge is -2.18. The Labute approximate surface area is 137 Å². The number of amides is 2. The number of nitrogens with one attached hydrogen (secondary N) is 3. The molecule has 1 heterocycles. The van der Waals surface area contributed by atoms with Gasteiger partial charge in [0.25, 0.3) is 0 Å². The van der Waals surface area contributed by atoms with Gasteiger partial charge in [0.2, 0.25) is 0 Å². The fourth-order valence-corrected chi connectivity index (χ4v) is 2.82. The molecule has 4 nitrogen and oxygen atoms in total. The summed E-state index contributed by atoms with van der Waals surface area (Å²) in [4.78, 5) is 12.2. The summed E-state index contributed by atoms with van der Waals surface area (Å²) in [5.41, 5.74) is 5.48. The number of fused-ring (bicyclic) bond motifs is 1. The summed E-state index contributed by atoms with van der Waals surface area (Å²) >= 11 is 0. The van der Waals surface area contributed by atoms with Gasteiger partial charge in [-0.05, 0) is 59.8 Å². The van der Waals surface area contributed by atoms with Crippen molar-refractivity contribution in [2.24, 2.45) is 0 Å². The van der Waals surface area contributed by atoms with Crippen LogP contribution in [0, 0.1) is 0 Å². The van der Waals surface area contributed by atoms with Gasteiger partial charge in [-0.15, -0.1) is 0 Å². The van der Waals surface area contributed by atoms with E-state index in [4.69, 9.17) is 0 Å². The molecule has 23 heavy (non-hydrogen) atoms. The largest absolute Gasteiger partial charge is 0.323 e. The molecule has 1 aliphatic rings. The van der Waals surface area contributed by atoms with Crippen LogP contribution >= 0.6 is 0 Å². The number of carbonyl (C=O) groups is 1. The Morgan fingerprint density at radius 1 is 1.04 bits per heavy atom. The molecule has 0 aliphatic carbocycles. The summed E-state index contributed by atoms with van der Waals surface area (Å²) in [6.45, 7) is 6.18. The number of hydrogen-bond donors (Lipinski definition) is 3. The maximum absolute atomic E-state index is 12.2. The number of urea groups is 1. The summed E-state index contributed by atoms with van der Waals surface area (Å²) in [7, 11) is 0. The van der Waals surface area contributed by atoms with Crippen molar-refractivity contribution in [1.29, 1.82) is 0 Å². The van der Waals surface area contributed by atoms with Gasteiger partial charge in [0, 0.05) is 17.9 Å². The highest BCUT2D eigenvalue weighted by Crippen LogP contribution is 2.21. The van der Waals surface area contributed by atoms with E-state index < -0.39 is 0 Å². The monoisotopic (exact) mass is 309 g/mol. The number of anilines is 2. The summed E-state index contributed by atoms with van der Waals surface area (Å²) in [5.74, 6) is 0.439. The highest BCUT2D eigenvalue weighted by molar-refractivity contribution is 5.99. The zero-order chi connectivity index (χ0) is 16.2. The van der Waals surface area contributed by atoms with Crippen LogP contribution < -0.4 is 16.0 Å². The standard InChI is InChI=1S/C19H23N3O/c1-13(2)14-4-3-5-17(10-14)21-19(23)22-18-7-6-16-12-20-9-8-15(16)11-18/h3-7,10-11,13,20H,8-9,12H2,1-2H3,(H2,21,22,23). The SMILES string of the molecule is CC(C)c1cccc(NC(=O)Nc2ccc3c(c2)CCNC3)c1. The van der Waals surface area contributed by atoms with Crippen LogP contribution in [0.3, 0.4) is 0 Å². The first-order valence-corrected chi connectivity index (χ1v) is 8.12. The second kappa shape index (κ2) is 6.84. The molecule has 0 fully saturated rings. The van der Waals surface area contributed by atoms with Gasteiger partial charge >= 0.3 is 6.03 Å². The third-order valence-corrected chi connectivity index (χ3v) is 4.16. The molecule has 3 rings (SSSR count). The topological polar surface area (TPSA) is 53.2 Å². The van der Waals surface area contributed by atoms with E-state index in [9.17, 15) is 4.79 Å². The van der Waals surface area contributed by atoms with Crippen molar-refractivity contribution in [3.63, 3.8) is 0 Å². The van der Waals surface area contributed by atoms with Gasteiger partial charge < -0.3 is 16.0 Å². The number of carbonyl (C=O) groups excluding carboxylic acids is 1. The minimum atomic E-state index is -0.209. The van der Waals surface area contributed by atoms with Crippen molar-refractivity contribution >= 4 is 17.4 Å². The van der Waals surface area contributed by atoms with E-state index in [-0.39, 0.29) is 6.03 Å². The first-order valence-electron chi connectivity index (χ1n) is 8.12. The van der Waals surface area contributed by atoms with Gasteiger partial charge in [-0.1, -0.05) is 32.0 Å². The van der Waals surface area contributed by atoms with E-state index in [2.05, 4.69) is 48.0 Å². The molecule has 2 aromatic carbocycles. The summed E-state index contributed by atoms with van der Waals surface area (Å²) in [6.07, 6.45) is 1.00.